The third kappa shape index (κ3) is 3.08. The number of aromatic nitrogens is 2. The van der Waals surface area contributed by atoms with E-state index in [0.717, 1.165) is 12.8 Å². The van der Waals surface area contributed by atoms with E-state index in [2.05, 4.69) is 4.98 Å². The van der Waals surface area contributed by atoms with Crippen molar-refractivity contribution in [1.82, 2.24) is 19.2 Å². The first-order valence-electron chi connectivity index (χ1n) is 8.37. The van der Waals surface area contributed by atoms with Crippen LogP contribution in [0.2, 0.25) is 0 Å². The third-order valence-corrected chi connectivity index (χ3v) is 5.36. The van der Waals surface area contributed by atoms with Gasteiger partial charge in [-0.05, 0) is 18.6 Å². The molecule has 4 rings (SSSR count). The van der Waals surface area contributed by atoms with Gasteiger partial charge in [-0.2, -0.15) is 0 Å². The van der Waals surface area contributed by atoms with Crippen molar-refractivity contribution in [3.8, 4) is 11.3 Å². The SMILES string of the molecule is O=CN1CCCN(C(=O)c2csc3nc(-c4cccc(F)c4)cn23)CC1. The van der Waals surface area contributed by atoms with Gasteiger partial charge in [-0.15, -0.1) is 11.3 Å². The van der Waals surface area contributed by atoms with Crippen LogP contribution in [-0.2, 0) is 4.79 Å². The summed E-state index contributed by atoms with van der Waals surface area (Å²) in [5, 5.41) is 1.79. The number of imidazole rings is 1. The molecule has 3 heterocycles. The van der Waals surface area contributed by atoms with E-state index in [1.54, 1.807) is 37.9 Å². The van der Waals surface area contributed by atoms with E-state index in [1.807, 2.05) is 0 Å². The normalized spacial score (nSPS) is 15.3. The van der Waals surface area contributed by atoms with Crippen molar-refractivity contribution in [1.29, 1.82) is 0 Å². The van der Waals surface area contributed by atoms with E-state index in [1.165, 1.54) is 23.5 Å². The number of benzene rings is 1. The summed E-state index contributed by atoms with van der Waals surface area (Å²) in [6.07, 6.45) is 3.36. The number of hydrogen-bond donors (Lipinski definition) is 0. The Kier molecular flexibility index (Phi) is 4.42. The molecule has 2 amide bonds. The summed E-state index contributed by atoms with van der Waals surface area (Å²) in [6, 6.07) is 6.25. The maximum atomic E-state index is 13.5. The number of thiazole rings is 1. The van der Waals surface area contributed by atoms with E-state index in [9.17, 15) is 14.0 Å². The molecule has 1 fully saturated rings. The van der Waals surface area contributed by atoms with E-state index < -0.39 is 0 Å². The van der Waals surface area contributed by atoms with Crippen LogP contribution < -0.4 is 0 Å². The van der Waals surface area contributed by atoms with Gasteiger partial charge in [0, 0.05) is 43.3 Å². The summed E-state index contributed by atoms with van der Waals surface area (Å²) < 4.78 is 15.2. The van der Waals surface area contributed by atoms with Crippen molar-refractivity contribution >= 4 is 28.6 Å². The average Bonchev–Trinajstić information content (AvgIpc) is 3.14. The highest BCUT2D eigenvalue weighted by molar-refractivity contribution is 7.15. The fourth-order valence-electron chi connectivity index (χ4n) is 3.13. The number of fused-ring (bicyclic) bond motifs is 1. The quantitative estimate of drug-likeness (QED) is 0.664. The van der Waals surface area contributed by atoms with E-state index in [0.29, 0.717) is 48.1 Å². The minimum absolute atomic E-state index is 0.0767. The van der Waals surface area contributed by atoms with Gasteiger partial charge in [-0.25, -0.2) is 9.37 Å². The standard InChI is InChI=1S/C18H17FN4O2S/c19-14-4-1-3-13(9-14)15-10-23-16(11-26-18(23)20-15)17(25)22-6-2-5-21(12-24)7-8-22/h1,3-4,9-12H,2,5-8H2. The predicted molar refractivity (Wildman–Crippen MR) is 96.6 cm³/mol. The largest absolute Gasteiger partial charge is 0.343 e. The molecule has 0 aliphatic carbocycles. The Bertz CT molecular complexity index is 967. The molecule has 1 aliphatic heterocycles. The summed E-state index contributed by atoms with van der Waals surface area (Å²) in [5.74, 6) is -0.397. The zero-order chi connectivity index (χ0) is 18.1. The highest BCUT2D eigenvalue weighted by Crippen LogP contribution is 2.25. The van der Waals surface area contributed by atoms with Gasteiger partial charge in [-0.1, -0.05) is 12.1 Å². The molecule has 1 aliphatic rings. The number of halogens is 1. The molecule has 0 unspecified atom stereocenters. The molecule has 0 bridgehead atoms. The Balaban J connectivity index is 1.62. The first-order valence-corrected chi connectivity index (χ1v) is 9.25. The van der Waals surface area contributed by atoms with Gasteiger partial charge >= 0.3 is 0 Å². The van der Waals surface area contributed by atoms with Gasteiger partial charge < -0.3 is 9.80 Å². The predicted octanol–water partition coefficient (Wildman–Crippen LogP) is 2.51. The second kappa shape index (κ2) is 6.87. The number of carbonyl (C=O) groups is 2. The molecule has 6 nitrogen and oxygen atoms in total. The summed E-state index contributed by atoms with van der Waals surface area (Å²) in [4.78, 5) is 32.5. The number of carbonyl (C=O) groups excluding carboxylic acids is 2. The average molecular weight is 372 g/mol. The lowest BCUT2D eigenvalue weighted by molar-refractivity contribution is -0.118. The van der Waals surface area contributed by atoms with Crippen LogP contribution in [0.25, 0.3) is 16.2 Å². The molecule has 3 aromatic rings. The lowest BCUT2D eigenvalue weighted by atomic mass is 10.2. The highest BCUT2D eigenvalue weighted by atomic mass is 32.1. The van der Waals surface area contributed by atoms with Crippen LogP contribution >= 0.6 is 11.3 Å². The van der Waals surface area contributed by atoms with Gasteiger partial charge in [0.05, 0.1) is 5.69 Å². The summed E-state index contributed by atoms with van der Waals surface area (Å²) in [6.45, 7) is 2.34. The lowest BCUT2D eigenvalue weighted by Gasteiger charge is -2.19. The zero-order valence-electron chi connectivity index (χ0n) is 14.0. The van der Waals surface area contributed by atoms with Crippen molar-refractivity contribution in [2.45, 2.75) is 6.42 Å². The van der Waals surface area contributed by atoms with Crippen LogP contribution in [-0.4, -0.2) is 57.7 Å². The van der Waals surface area contributed by atoms with Gasteiger partial charge in [0.2, 0.25) is 6.41 Å². The smallest absolute Gasteiger partial charge is 0.271 e. The van der Waals surface area contributed by atoms with Crippen molar-refractivity contribution < 1.29 is 14.0 Å². The van der Waals surface area contributed by atoms with Gasteiger partial charge in [0.1, 0.15) is 11.5 Å². The molecule has 134 valence electrons. The molecule has 0 N–H and O–H groups in total. The first-order chi connectivity index (χ1) is 12.7. The maximum Gasteiger partial charge on any atom is 0.271 e. The van der Waals surface area contributed by atoms with Crippen molar-refractivity contribution in [3.63, 3.8) is 0 Å². The Morgan fingerprint density at radius 1 is 1.23 bits per heavy atom. The van der Waals surface area contributed by atoms with Crippen LogP contribution in [0.3, 0.4) is 0 Å². The van der Waals surface area contributed by atoms with Crippen LogP contribution in [0.1, 0.15) is 16.9 Å². The summed E-state index contributed by atoms with van der Waals surface area (Å²) >= 11 is 1.38. The molecular weight excluding hydrogens is 355 g/mol. The summed E-state index contributed by atoms with van der Waals surface area (Å²) in [5.41, 5.74) is 1.85. The van der Waals surface area contributed by atoms with Gasteiger partial charge in [0.25, 0.3) is 5.91 Å². The van der Waals surface area contributed by atoms with Crippen molar-refractivity contribution in [3.05, 3.63) is 47.4 Å². The second-order valence-corrected chi connectivity index (χ2v) is 7.03. The first kappa shape index (κ1) is 16.7. The summed E-state index contributed by atoms with van der Waals surface area (Å²) in [7, 11) is 0. The maximum absolute atomic E-state index is 13.5. The number of hydrogen-bond acceptors (Lipinski definition) is 4. The van der Waals surface area contributed by atoms with E-state index in [4.69, 9.17) is 0 Å². The molecular formula is C18H17FN4O2S. The number of rotatable bonds is 3. The molecule has 1 saturated heterocycles. The molecule has 26 heavy (non-hydrogen) atoms. The molecule has 1 aromatic carbocycles. The van der Waals surface area contributed by atoms with Crippen LogP contribution in [0.15, 0.2) is 35.8 Å². The molecule has 0 radical (unpaired) electrons. The molecule has 8 heteroatoms. The lowest BCUT2D eigenvalue weighted by Crippen LogP contribution is -2.35. The fourth-order valence-corrected chi connectivity index (χ4v) is 3.98. The number of amides is 2. The fraction of sp³-hybridized carbons (Fsp3) is 0.278. The Morgan fingerprint density at radius 3 is 2.92 bits per heavy atom. The minimum atomic E-state index is -0.320. The molecule has 2 aromatic heterocycles. The molecule has 0 atom stereocenters. The van der Waals surface area contributed by atoms with E-state index >= 15 is 0 Å². The third-order valence-electron chi connectivity index (χ3n) is 4.52. The zero-order valence-corrected chi connectivity index (χ0v) is 14.8. The van der Waals surface area contributed by atoms with Gasteiger partial charge in [-0.3, -0.25) is 14.0 Å². The van der Waals surface area contributed by atoms with Crippen LogP contribution in [0, 0.1) is 5.82 Å². The van der Waals surface area contributed by atoms with Crippen molar-refractivity contribution in [2.75, 3.05) is 26.2 Å². The van der Waals surface area contributed by atoms with E-state index in [-0.39, 0.29) is 11.7 Å². The van der Waals surface area contributed by atoms with Crippen LogP contribution in [0.5, 0.6) is 0 Å². The Labute approximate surface area is 153 Å². The monoisotopic (exact) mass is 372 g/mol. The minimum Gasteiger partial charge on any atom is -0.343 e. The molecule has 0 saturated carbocycles. The molecule has 0 spiro atoms. The Hall–Kier alpha value is -2.74. The second-order valence-electron chi connectivity index (χ2n) is 6.20. The van der Waals surface area contributed by atoms with Crippen LogP contribution in [0.4, 0.5) is 4.39 Å². The highest BCUT2D eigenvalue weighted by Gasteiger charge is 2.23. The number of nitrogens with zero attached hydrogens (tertiary/aromatic N) is 4. The van der Waals surface area contributed by atoms with Gasteiger partial charge in [0.15, 0.2) is 4.96 Å². The topological polar surface area (TPSA) is 57.9 Å². The Morgan fingerprint density at radius 2 is 2.12 bits per heavy atom. The van der Waals surface area contributed by atoms with Crippen molar-refractivity contribution in [2.24, 2.45) is 0 Å².